The van der Waals surface area contributed by atoms with Crippen molar-refractivity contribution in [3.63, 3.8) is 0 Å². The summed E-state index contributed by atoms with van der Waals surface area (Å²) in [5.41, 5.74) is 6.79. The Morgan fingerprint density at radius 1 is 1.31 bits per heavy atom. The molecule has 3 heteroatoms. The van der Waals surface area contributed by atoms with Crippen LogP contribution in [0, 0.1) is 11.7 Å². The van der Waals surface area contributed by atoms with Gasteiger partial charge in [0.1, 0.15) is 11.6 Å². The molecular formula is C13H20FNO. The van der Waals surface area contributed by atoms with Crippen molar-refractivity contribution in [2.24, 2.45) is 11.7 Å². The van der Waals surface area contributed by atoms with Crippen molar-refractivity contribution in [1.29, 1.82) is 0 Å². The summed E-state index contributed by atoms with van der Waals surface area (Å²) < 4.78 is 18.3. The predicted molar refractivity (Wildman–Crippen MR) is 64.0 cm³/mol. The molecule has 0 radical (unpaired) electrons. The molecule has 0 saturated carbocycles. The lowest BCUT2D eigenvalue weighted by Crippen LogP contribution is -2.12. The van der Waals surface area contributed by atoms with E-state index in [-0.39, 0.29) is 11.9 Å². The molecule has 1 aromatic rings. The number of halogens is 1. The maximum absolute atomic E-state index is 13.1. The van der Waals surface area contributed by atoms with E-state index in [0.29, 0.717) is 11.7 Å². The van der Waals surface area contributed by atoms with E-state index >= 15 is 0 Å². The first-order valence-corrected chi connectivity index (χ1v) is 5.63. The number of rotatable bonds is 5. The molecule has 0 bridgehead atoms. The van der Waals surface area contributed by atoms with Crippen molar-refractivity contribution < 1.29 is 9.13 Å². The summed E-state index contributed by atoms with van der Waals surface area (Å²) in [6.07, 6.45) is 1.87. The smallest absolute Gasteiger partial charge is 0.123 e. The number of ether oxygens (including phenoxy) is 1. The summed E-state index contributed by atoms with van der Waals surface area (Å²) in [6.45, 7) is 4.30. The highest BCUT2D eigenvalue weighted by Gasteiger charge is 2.13. The molecule has 0 aromatic heterocycles. The number of benzene rings is 1. The molecule has 0 saturated heterocycles. The second-order valence-corrected chi connectivity index (χ2v) is 4.46. The molecule has 2 nitrogen and oxygen atoms in total. The summed E-state index contributed by atoms with van der Waals surface area (Å²) in [5, 5.41) is 0. The third-order valence-electron chi connectivity index (χ3n) is 2.65. The Morgan fingerprint density at radius 2 is 2.00 bits per heavy atom. The van der Waals surface area contributed by atoms with Crippen molar-refractivity contribution >= 4 is 0 Å². The first-order valence-electron chi connectivity index (χ1n) is 5.63. The second-order valence-electron chi connectivity index (χ2n) is 4.46. The molecule has 0 aliphatic carbocycles. The molecule has 1 rings (SSSR count). The lowest BCUT2D eigenvalue weighted by atomic mass is 9.97. The first kappa shape index (κ1) is 13.0. The Kier molecular flexibility index (Phi) is 4.74. The summed E-state index contributed by atoms with van der Waals surface area (Å²) in [7, 11) is 1.58. The highest BCUT2D eigenvalue weighted by atomic mass is 19.1. The Balaban J connectivity index is 2.80. The third-order valence-corrected chi connectivity index (χ3v) is 2.65. The van der Waals surface area contributed by atoms with Crippen LogP contribution in [-0.2, 0) is 0 Å². The van der Waals surface area contributed by atoms with Gasteiger partial charge in [0.25, 0.3) is 0 Å². The Morgan fingerprint density at radius 3 is 2.56 bits per heavy atom. The SMILES string of the molecule is COc1ccc(F)cc1[C@H](N)CCC(C)C. The molecule has 2 N–H and O–H groups in total. The van der Waals surface area contributed by atoms with Crippen LogP contribution in [0.3, 0.4) is 0 Å². The molecule has 0 aliphatic heterocycles. The minimum atomic E-state index is -0.268. The molecule has 0 heterocycles. The molecule has 90 valence electrons. The lowest BCUT2D eigenvalue weighted by Gasteiger charge is -2.16. The van der Waals surface area contributed by atoms with Gasteiger partial charge in [-0.15, -0.1) is 0 Å². The maximum Gasteiger partial charge on any atom is 0.123 e. The van der Waals surface area contributed by atoms with Crippen molar-refractivity contribution in [3.8, 4) is 5.75 Å². The summed E-state index contributed by atoms with van der Waals surface area (Å²) in [6, 6.07) is 4.31. The zero-order valence-corrected chi connectivity index (χ0v) is 10.2. The Labute approximate surface area is 96.6 Å². The molecular weight excluding hydrogens is 205 g/mol. The van der Waals surface area contributed by atoms with Crippen LogP contribution in [0.15, 0.2) is 18.2 Å². The highest BCUT2D eigenvalue weighted by molar-refractivity contribution is 5.36. The van der Waals surface area contributed by atoms with Crippen LogP contribution in [0.5, 0.6) is 5.75 Å². The van der Waals surface area contributed by atoms with E-state index in [1.807, 2.05) is 0 Å². The van der Waals surface area contributed by atoms with Gasteiger partial charge in [-0.05, 0) is 37.0 Å². The number of hydrogen-bond acceptors (Lipinski definition) is 2. The predicted octanol–water partition coefficient (Wildman–Crippen LogP) is 3.27. The number of hydrogen-bond donors (Lipinski definition) is 1. The van der Waals surface area contributed by atoms with E-state index in [4.69, 9.17) is 10.5 Å². The van der Waals surface area contributed by atoms with Crippen molar-refractivity contribution in [2.75, 3.05) is 7.11 Å². The molecule has 0 amide bonds. The van der Waals surface area contributed by atoms with Gasteiger partial charge in [-0.3, -0.25) is 0 Å². The highest BCUT2D eigenvalue weighted by Crippen LogP contribution is 2.28. The molecule has 1 aromatic carbocycles. The molecule has 0 fully saturated rings. The fourth-order valence-corrected chi connectivity index (χ4v) is 1.66. The molecule has 0 aliphatic rings. The number of nitrogens with two attached hydrogens (primary N) is 1. The molecule has 0 spiro atoms. The van der Waals surface area contributed by atoms with Gasteiger partial charge in [-0.1, -0.05) is 13.8 Å². The average Bonchev–Trinajstić information content (AvgIpc) is 2.25. The monoisotopic (exact) mass is 225 g/mol. The van der Waals surface area contributed by atoms with Crippen molar-refractivity contribution in [2.45, 2.75) is 32.7 Å². The minimum Gasteiger partial charge on any atom is -0.496 e. The van der Waals surface area contributed by atoms with E-state index in [0.717, 1.165) is 18.4 Å². The summed E-state index contributed by atoms with van der Waals surface area (Å²) >= 11 is 0. The van der Waals surface area contributed by atoms with Crippen molar-refractivity contribution in [1.82, 2.24) is 0 Å². The Bertz CT molecular complexity index is 339. The minimum absolute atomic E-state index is 0.159. The first-order chi connectivity index (χ1) is 7.54. The van der Waals surface area contributed by atoms with Gasteiger partial charge < -0.3 is 10.5 Å². The molecule has 16 heavy (non-hydrogen) atoms. The van der Waals surface area contributed by atoms with E-state index in [1.54, 1.807) is 13.2 Å². The fourth-order valence-electron chi connectivity index (χ4n) is 1.66. The maximum atomic E-state index is 13.1. The number of methoxy groups -OCH3 is 1. The van der Waals surface area contributed by atoms with E-state index in [1.165, 1.54) is 12.1 Å². The largest absolute Gasteiger partial charge is 0.496 e. The van der Waals surface area contributed by atoms with Gasteiger partial charge in [-0.2, -0.15) is 0 Å². The van der Waals surface area contributed by atoms with Gasteiger partial charge in [0.2, 0.25) is 0 Å². The quantitative estimate of drug-likeness (QED) is 0.834. The normalized spacial score (nSPS) is 12.9. The van der Waals surface area contributed by atoms with Crippen LogP contribution in [0.1, 0.15) is 38.3 Å². The van der Waals surface area contributed by atoms with E-state index in [2.05, 4.69) is 13.8 Å². The average molecular weight is 225 g/mol. The van der Waals surface area contributed by atoms with Gasteiger partial charge >= 0.3 is 0 Å². The van der Waals surface area contributed by atoms with Gasteiger partial charge in [-0.25, -0.2) is 4.39 Å². The zero-order chi connectivity index (χ0) is 12.1. The van der Waals surface area contributed by atoms with Crippen LogP contribution in [0.4, 0.5) is 4.39 Å². The van der Waals surface area contributed by atoms with E-state index in [9.17, 15) is 4.39 Å². The van der Waals surface area contributed by atoms with Crippen LogP contribution in [-0.4, -0.2) is 7.11 Å². The standard InChI is InChI=1S/C13H20FNO/c1-9(2)4-6-12(15)11-8-10(14)5-7-13(11)16-3/h5,7-9,12H,4,6,15H2,1-3H3/t12-/m1/s1. The fraction of sp³-hybridized carbons (Fsp3) is 0.538. The molecule has 1 atom stereocenters. The summed E-state index contributed by atoms with van der Waals surface area (Å²) in [5.74, 6) is 0.999. The zero-order valence-electron chi connectivity index (χ0n) is 10.2. The Hall–Kier alpha value is -1.09. The third kappa shape index (κ3) is 3.49. The topological polar surface area (TPSA) is 35.2 Å². The molecule has 0 unspecified atom stereocenters. The van der Waals surface area contributed by atoms with Crippen LogP contribution >= 0.6 is 0 Å². The van der Waals surface area contributed by atoms with Crippen LogP contribution < -0.4 is 10.5 Å². The second kappa shape index (κ2) is 5.85. The van der Waals surface area contributed by atoms with E-state index < -0.39 is 0 Å². The van der Waals surface area contributed by atoms with Crippen LogP contribution in [0.2, 0.25) is 0 Å². The van der Waals surface area contributed by atoms with Gasteiger partial charge in [0.05, 0.1) is 7.11 Å². The lowest BCUT2D eigenvalue weighted by molar-refractivity contribution is 0.399. The van der Waals surface area contributed by atoms with Crippen LogP contribution in [0.25, 0.3) is 0 Å². The van der Waals surface area contributed by atoms with Crippen molar-refractivity contribution in [3.05, 3.63) is 29.6 Å². The summed E-state index contributed by atoms with van der Waals surface area (Å²) in [4.78, 5) is 0. The van der Waals surface area contributed by atoms with Gasteiger partial charge in [0.15, 0.2) is 0 Å². The van der Waals surface area contributed by atoms with Gasteiger partial charge in [0, 0.05) is 11.6 Å².